The number of benzene rings is 1. The largest absolute Gasteiger partial charge is 0.469 e. The molecule has 1 rings (SSSR count). The van der Waals surface area contributed by atoms with Crippen LogP contribution in [0.25, 0.3) is 0 Å². The minimum Gasteiger partial charge on any atom is -0.469 e. The zero-order valence-corrected chi connectivity index (χ0v) is 9.37. The number of halogens is 1. The van der Waals surface area contributed by atoms with Crippen molar-refractivity contribution in [1.82, 2.24) is 0 Å². The van der Waals surface area contributed by atoms with Crippen LogP contribution in [0, 0.1) is 12.7 Å². The Morgan fingerprint density at radius 1 is 1.56 bits per heavy atom. The van der Waals surface area contributed by atoms with E-state index >= 15 is 0 Å². The maximum absolute atomic E-state index is 13.4. The van der Waals surface area contributed by atoms with Gasteiger partial charge in [-0.15, -0.1) is 0 Å². The van der Waals surface area contributed by atoms with E-state index in [1.54, 1.807) is 12.1 Å². The summed E-state index contributed by atoms with van der Waals surface area (Å²) in [5.41, 5.74) is 1.09. The van der Waals surface area contributed by atoms with Gasteiger partial charge in [-0.2, -0.15) is 0 Å². The molecule has 0 amide bonds. The van der Waals surface area contributed by atoms with Gasteiger partial charge in [-0.3, -0.25) is 4.79 Å². The number of hydrogen-bond acceptors (Lipinski definition) is 3. The Bertz CT molecular complexity index is 377. The summed E-state index contributed by atoms with van der Waals surface area (Å²) in [4.78, 5) is 10.9. The van der Waals surface area contributed by atoms with Gasteiger partial charge in [0.25, 0.3) is 0 Å². The lowest BCUT2D eigenvalue weighted by Gasteiger charge is -2.11. The Labute approximate surface area is 93.9 Å². The summed E-state index contributed by atoms with van der Waals surface area (Å²) in [6.45, 7) is 1.82. The highest BCUT2D eigenvalue weighted by Gasteiger charge is 2.14. The fourth-order valence-corrected chi connectivity index (χ4v) is 1.43. The first-order chi connectivity index (χ1) is 7.54. The van der Waals surface area contributed by atoms with E-state index in [0.29, 0.717) is 0 Å². The molecule has 0 radical (unpaired) electrons. The van der Waals surface area contributed by atoms with Crippen molar-refractivity contribution in [1.29, 1.82) is 0 Å². The summed E-state index contributed by atoms with van der Waals surface area (Å²) < 4.78 is 17.8. The third kappa shape index (κ3) is 3.31. The first-order valence-electron chi connectivity index (χ1n) is 5.05. The van der Waals surface area contributed by atoms with E-state index in [1.807, 2.05) is 6.92 Å². The van der Waals surface area contributed by atoms with Crippen molar-refractivity contribution in [3.05, 3.63) is 35.1 Å². The standard InChI is InChI=1S/C12H15FO3/c1-8-3-4-10(13)9(7-8)11(14)5-6-12(15)16-2/h3-4,7,11,14H,5-6H2,1-2H3. The number of aliphatic hydroxyl groups excluding tert-OH is 1. The molecule has 3 nitrogen and oxygen atoms in total. The molecule has 0 saturated heterocycles. The summed E-state index contributed by atoms with van der Waals surface area (Å²) in [5, 5.41) is 9.72. The number of carbonyl (C=O) groups is 1. The molecule has 0 aromatic heterocycles. The van der Waals surface area contributed by atoms with Crippen LogP contribution >= 0.6 is 0 Å². The summed E-state index contributed by atoms with van der Waals surface area (Å²) in [5.74, 6) is -0.866. The second-order valence-electron chi connectivity index (χ2n) is 3.66. The second kappa shape index (κ2) is 5.61. The van der Waals surface area contributed by atoms with Gasteiger partial charge >= 0.3 is 5.97 Å². The van der Waals surface area contributed by atoms with Crippen molar-refractivity contribution in [3.8, 4) is 0 Å². The molecule has 4 heteroatoms. The Hall–Kier alpha value is -1.42. The van der Waals surface area contributed by atoms with Crippen LogP contribution in [0.4, 0.5) is 4.39 Å². The lowest BCUT2D eigenvalue weighted by atomic mass is 10.0. The van der Waals surface area contributed by atoms with E-state index < -0.39 is 17.9 Å². The number of ether oxygens (including phenoxy) is 1. The Kier molecular flexibility index (Phi) is 4.43. The smallest absolute Gasteiger partial charge is 0.305 e. The van der Waals surface area contributed by atoms with Crippen LogP contribution in [0.5, 0.6) is 0 Å². The molecule has 0 aliphatic rings. The third-order valence-corrected chi connectivity index (χ3v) is 2.36. The molecule has 88 valence electrons. The predicted octanol–water partition coefficient (Wildman–Crippen LogP) is 2.12. The normalized spacial score (nSPS) is 12.2. The molecule has 1 aromatic carbocycles. The molecule has 1 atom stereocenters. The number of esters is 1. The molecular formula is C12H15FO3. The van der Waals surface area contributed by atoms with E-state index in [1.165, 1.54) is 13.2 Å². The minimum absolute atomic E-state index is 0.0745. The average Bonchev–Trinajstić information content (AvgIpc) is 2.28. The highest BCUT2D eigenvalue weighted by Crippen LogP contribution is 2.22. The number of carbonyl (C=O) groups excluding carboxylic acids is 1. The topological polar surface area (TPSA) is 46.5 Å². The van der Waals surface area contributed by atoms with E-state index in [9.17, 15) is 14.3 Å². The van der Waals surface area contributed by atoms with Crippen LogP contribution in [0.2, 0.25) is 0 Å². The zero-order valence-electron chi connectivity index (χ0n) is 9.37. The molecule has 1 N–H and O–H groups in total. The molecule has 1 unspecified atom stereocenters. The van der Waals surface area contributed by atoms with Crippen LogP contribution in [0.1, 0.15) is 30.1 Å². The molecule has 0 aliphatic heterocycles. The van der Waals surface area contributed by atoms with E-state index in [4.69, 9.17) is 0 Å². The fraction of sp³-hybridized carbons (Fsp3) is 0.417. The van der Waals surface area contributed by atoms with Gasteiger partial charge in [0.15, 0.2) is 0 Å². The van der Waals surface area contributed by atoms with Crippen molar-refractivity contribution in [2.45, 2.75) is 25.9 Å². The first kappa shape index (κ1) is 12.6. The lowest BCUT2D eigenvalue weighted by Crippen LogP contribution is -2.06. The molecular weight excluding hydrogens is 211 g/mol. The number of aryl methyl sites for hydroxylation is 1. The summed E-state index contributed by atoms with van der Waals surface area (Å²) in [7, 11) is 1.28. The van der Waals surface area contributed by atoms with E-state index in [-0.39, 0.29) is 18.4 Å². The van der Waals surface area contributed by atoms with Gasteiger partial charge in [0.05, 0.1) is 13.2 Å². The fourth-order valence-electron chi connectivity index (χ4n) is 1.43. The Morgan fingerprint density at radius 3 is 2.88 bits per heavy atom. The van der Waals surface area contributed by atoms with E-state index in [2.05, 4.69) is 4.74 Å². The number of aliphatic hydroxyl groups is 1. The van der Waals surface area contributed by atoms with Gasteiger partial charge < -0.3 is 9.84 Å². The molecule has 1 aromatic rings. The average molecular weight is 226 g/mol. The first-order valence-corrected chi connectivity index (χ1v) is 5.05. The molecule has 0 fully saturated rings. The highest BCUT2D eigenvalue weighted by atomic mass is 19.1. The minimum atomic E-state index is -0.973. The lowest BCUT2D eigenvalue weighted by molar-refractivity contribution is -0.141. The van der Waals surface area contributed by atoms with Crippen molar-refractivity contribution in [2.75, 3.05) is 7.11 Å². The quantitative estimate of drug-likeness (QED) is 0.800. The highest BCUT2D eigenvalue weighted by molar-refractivity contribution is 5.69. The van der Waals surface area contributed by atoms with E-state index in [0.717, 1.165) is 5.56 Å². The monoisotopic (exact) mass is 226 g/mol. The molecule has 16 heavy (non-hydrogen) atoms. The van der Waals surface area contributed by atoms with Crippen LogP contribution in [0.3, 0.4) is 0 Å². The van der Waals surface area contributed by atoms with Gasteiger partial charge in [-0.05, 0) is 19.4 Å². The maximum Gasteiger partial charge on any atom is 0.305 e. The Morgan fingerprint density at radius 2 is 2.25 bits per heavy atom. The SMILES string of the molecule is COC(=O)CCC(O)c1cc(C)ccc1F. The van der Waals surface area contributed by atoms with Crippen LogP contribution in [-0.2, 0) is 9.53 Å². The van der Waals surface area contributed by atoms with Crippen LogP contribution in [0.15, 0.2) is 18.2 Å². The zero-order chi connectivity index (χ0) is 12.1. The van der Waals surface area contributed by atoms with Crippen LogP contribution in [-0.4, -0.2) is 18.2 Å². The summed E-state index contributed by atoms with van der Waals surface area (Å²) >= 11 is 0. The number of methoxy groups -OCH3 is 1. The molecule has 0 bridgehead atoms. The number of rotatable bonds is 4. The van der Waals surface area contributed by atoms with Crippen molar-refractivity contribution >= 4 is 5.97 Å². The van der Waals surface area contributed by atoms with Gasteiger partial charge in [0.1, 0.15) is 5.82 Å². The number of hydrogen-bond donors (Lipinski definition) is 1. The molecule has 0 spiro atoms. The van der Waals surface area contributed by atoms with Gasteiger partial charge in [0.2, 0.25) is 0 Å². The maximum atomic E-state index is 13.4. The second-order valence-corrected chi connectivity index (χ2v) is 3.66. The van der Waals surface area contributed by atoms with Gasteiger partial charge in [-0.25, -0.2) is 4.39 Å². The third-order valence-electron chi connectivity index (χ3n) is 2.36. The van der Waals surface area contributed by atoms with Gasteiger partial charge in [0, 0.05) is 12.0 Å². The van der Waals surface area contributed by atoms with Crippen molar-refractivity contribution < 1.29 is 19.0 Å². The van der Waals surface area contributed by atoms with Gasteiger partial charge in [-0.1, -0.05) is 17.7 Å². The molecule has 0 aliphatic carbocycles. The predicted molar refractivity (Wildman–Crippen MR) is 57.3 cm³/mol. The molecule has 0 heterocycles. The summed E-state index contributed by atoms with van der Waals surface area (Å²) in [6.07, 6.45) is -0.739. The van der Waals surface area contributed by atoms with Crippen molar-refractivity contribution in [3.63, 3.8) is 0 Å². The Balaban J connectivity index is 2.68. The summed E-state index contributed by atoms with van der Waals surface area (Å²) in [6, 6.07) is 4.52. The molecule has 0 saturated carbocycles. The van der Waals surface area contributed by atoms with Crippen molar-refractivity contribution in [2.24, 2.45) is 0 Å². The van der Waals surface area contributed by atoms with Crippen LogP contribution < -0.4 is 0 Å².